The first-order valence-corrected chi connectivity index (χ1v) is 6.59. The SMILES string of the molecule is Cc1cc(C=Nc2ccc(Cl)c(Cl)c2)c([O-])c([N+](=O)[O-])c1. The molecule has 2 aromatic carbocycles. The van der Waals surface area contributed by atoms with Crippen LogP contribution in [0.1, 0.15) is 11.1 Å². The number of halogens is 2. The second-order valence-corrected chi connectivity index (χ2v) is 5.13. The number of aliphatic imine (C=N–C) groups is 1. The second-order valence-electron chi connectivity index (χ2n) is 4.32. The fourth-order valence-corrected chi connectivity index (χ4v) is 2.01. The highest BCUT2D eigenvalue weighted by Gasteiger charge is 2.10. The molecule has 0 aliphatic carbocycles. The van der Waals surface area contributed by atoms with E-state index >= 15 is 0 Å². The molecule has 2 rings (SSSR count). The average molecular weight is 324 g/mol. The van der Waals surface area contributed by atoms with Crippen LogP contribution in [-0.4, -0.2) is 11.1 Å². The standard InChI is InChI=1S/C14H10Cl2N2O3/c1-8-4-9(14(19)13(5-8)18(20)21)7-17-10-2-3-11(15)12(16)6-10/h2-7,19H,1H3/p-1. The first kappa shape index (κ1) is 15.3. The lowest BCUT2D eigenvalue weighted by atomic mass is 10.1. The highest BCUT2D eigenvalue weighted by atomic mass is 35.5. The minimum Gasteiger partial charge on any atom is -0.867 e. The van der Waals surface area contributed by atoms with E-state index in [0.717, 1.165) is 0 Å². The first-order valence-electron chi connectivity index (χ1n) is 5.83. The molecule has 5 nitrogen and oxygen atoms in total. The van der Waals surface area contributed by atoms with Gasteiger partial charge in [-0.25, -0.2) is 0 Å². The van der Waals surface area contributed by atoms with E-state index in [2.05, 4.69) is 4.99 Å². The largest absolute Gasteiger partial charge is 0.867 e. The second kappa shape index (κ2) is 6.11. The molecule has 108 valence electrons. The molecule has 0 atom stereocenters. The van der Waals surface area contributed by atoms with E-state index in [9.17, 15) is 15.2 Å². The highest BCUT2D eigenvalue weighted by molar-refractivity contribution is 6.42. The lowest BCUT2D eigenvalue weighted by Crippen LogP contribution is -2.02. The summed E-state index contributed by atoms with van der Waals surface area (Å²) in [6, 6.07) is 7.51. The number of benzene rings is 2. The van der Waals surface area contributed by atoms with Crippen molar-refractivity contribution < 1.29 is 10.0 Å². The van der Waals surface area contributed by atoms with Crippen LogP contribution in [0.3, 0.4) is 0 Å². The van der Waals surface area contributed by atoms with Crippen LogP contribution < -0.4 is 5.11 Å². The topological polar surface area (TPSA) is 78.6 Å². The van der Waals surface area contributed by atoms with Crippen molar-refractivity contribution in [3.8, 4) is 5.75 Å². The molecule has 2 aromatic rings. The van der Waals surface area contributed by atoms with E-state index in [1.54, 1.807) is 19.1 Å². The number of rotatable bonds is 3. The van der Waals surface area contributed by atoms with Gasteiger partial charge < -0.3 is 5.11 Å². The van der Waals surface area contributed by atoms with Gasteiger partial charge in [0.05, 0.1) is 20.7 Å². The van der Waals surface area contributed by atoms with Gasteiger partial charge in [0, 0.05) is 12.3 Å². The lowest BCUT2D eigenvalue weighted by Gasteiger charge is -2.11. The van der Waals surface area contributed by atoms with Crippen LogP contribution in [0.2, 0.25) is 10.0 Å². The summed E-state index contributed by atoms with van der Waals surface area (Å²) >= 11 is 11.7. The maximum absolute atomic E-state index is 11.9. The lowest BCUT2D eigenvalue weighted by molar-refractivity contribution is -0.398. The van der Waals surface area contributed by atoms with Gasteiger partial charge in [-0.1, -0.05) is 29.3 Å². The summed E-state index contributed by atoms with van der Waals surface area (Å²) in [7, 11) is 0. The van der Waals surface area contributed by atoms with Crippen LogP contribution in [0.4, 0.5) is 11.4 Å². The van der Waals surface area contributed by atoms with Crippen molar-refractivity contribution in [1.29, 1.82) is 0 Å². The minimum atomic E-state index is -0.703. The van der Waals surface area contributed by atoms with E-state index in [1.807, 2.05) is 0 Å². The number of nitro benzene ring substituents is 1. The molecular formula is C14H9Cl2N2O3-. The Bertz CT molecular complexity index is 745. The zero-order chi connectivity index (χ0) is 15.6. The van der Waals surface area contributed by atoms with Crippen molar-refractivity contribution >= 4 is 40.8 Å². The predicted molar refractivity (Wildman–Crippen MR) is 81.0 cm³/mol. The maximum atomic E-state index is 11.9. The Morgan fingerprint density at radius 1 is 1.19 bits per heavy atom. The Labute approximate surface area is 130 Å². The van der Waals surface area contributed by atoms with Gasteiger partial charge in [0.2, 0.25) is 0 Å². The zero-order valence-electron chi connectivity index (χ0n) is 10.8. The van der Waals surface area contributed by atoms with Crippen LogP contribution in [0.5, 0.6) is 5.75 Å². The highest BCUT2D eigenvalue weighted by Crippen LogP contribution is 2.29. The third kappa shape index (κ3) is 3.51. The summed E-state index contributed by atoms with van der Waals surface area (Å²) in [5.41, 5.74) is 0.781. The summed E-state index contributed by atoms with van der Waals surface area (Å²) in [6.45, 7) is 1.67. The number of hydrogen-bond acceptors (Lipinski definition) is 4. The molecule has 0 saturated carbocycles. The van der Waals surface area contributed by atoms with Gasteiger partial charge in [0.25, 0.3) is 5.69 Å². The summed E-state index contributed by atoms with van der Waals surface area (Å²) in [5, 5.41) is 23.5. The van der Waals surface area contributed by atoms with Crippen LogP contribution in [0.15, 0.2) is 35.3 Å². The molecule has 0 heterocycles. The zero-order valence-corrected chi connectivity index (χ0v) is 12.4. The Balaban J connectivity index is 2.41. The number of hydrogen-bond donors (Lipinski definition) is 0. The van der Waals surface area contributed by atoms with E-state index in [4.69, 9.17) is 23.2 Å². The van der Waals surface area contributed by atoms with Crippen LogP contribution in [0, 0.1) is 17.0 Å². The molecule has 0 amide bonds. The van der Waals surface area contributed by atoms with Gasteiger partial charge in [-0.05, 0) is 42.0 Å². The smallest absolute Gasteiger partial charge is 0.262 e. The van der Waals surface area contributed by atoms with E-state index in [0.29, 0.717) is 21.3 Å². The van der Waals surface area contributed by atoms with E-state index in [1.165, 1.54) is 24.4 Å². The molecule has 7 heteroatoms. The maximum Gasteiger partial charge on any atom is 0.262 e. The van der Waals surface area contributed by atoms with Crippen molar-refractivity contribution in [1.82, 2.24) is 0 Å². The number of aryl methyl sites for hydroxylation is 1. The Morgan fingerprint density at radius 2 is 1.90 bits per heavy atom. The van der Waals surface area contributed by atoms with Crippen molar-refractivity contribution in [3.05, 3.63) is 61.6 Å². The third-order valence-electron chi connectivity index (χ3n) is 2.69. The quantitative estimate of drug-likeness (QED) is 0.486. The van der Waals surface area contributed by atoms with Gasteiger partial charge >= 0.3 is 0 Å². The van der Waals surface area contributed by atoms with Crippen molar-refractivity contribution in [2.45, 2.75) is 6.92 Å². The first-order chi connectivity index (χ1) is 9.88. The fraction of sp³-hybridized carbons (Fsp3) is 0.0714. The predicted octanol–water partition coefficient (Wildman–Crippen LogP) is 4.03. The van der Waals surface area contributed by atoms with Gasteiger partial charge in [0.15, 0.2) is 0 Å². The third-order valence-corrected chi connectivity index (χ3v) is 3.43. The molecule has 21 heavy (non-hydrogen) atoms. The van der Waals surface area contributed by atoms with Crippen molar-refractivity contribution in [2.75, 3.05) is 0 Å². The molecule has 0 unspecified atom stereocenters. The van der Waals surface area contributed by atoms with Gasteiger partial charge in [-0.15, -0.1) is 0 Å². The number of nitrogens with zero attached hydrogens (tertiary/aromatic N) is 2. The number of nitro groups is 1. The summed E-state index contributed by atoms with van der Waals surface area (Å²) in [6.07, 6.45) is 1.28. The Hall–Kier alpha value is -2.11. The minimum absolute atomic E-state index is 0.146. The molecule has 0 aromatic heterocycles. The van der Waals surface area contributed by atoms with Crippen molar-refractivity contribution in [2.24, 2.45) is 4.99 Å². The normalized spacial score (nSPS) is 11.0. The summed E-state index contributed by atoms with van der Waals surface area (Å²) in [4.78, 5) is 14.2. The van der Waals surface area contributed by atoms with E-state index < -0.39 is 16.4 Å². The molecule has 0 radical (unpaired) electrons. The van der Waals surface area contributed by atoms with Crippen molar-refractivity contribution in [3.63, 3.8) is 0 Å². The molecule has 0 spiro atoms. The molecule has 0 fully saturated rings. The fourth-order valence-electron chi connectivity index (χ4n) is 1.72. The van der Waals surface area contributed by atoms with E-state index in [-0.39, 0.29) is 5.56 Å². The Morgan fingerprint density at radius 3 is 2.52 bits per heavy atom. The van der Waals surface area contributed by atoms with Crippen LogP contribution >= 0.6 is 23.2 Å². The molecule has 0 saturated heterocycles. The molecule has 0 bridgehead atoms. The molecule has 0 aliphatic rings. The summed E-state index contributed by atoms with van der Waals surface area (Å²) < 4.78 is 0. The van der Waals surface area contributed by atoms with Gasteiger partial charge in [-0.3, -0.25) is 15.1 Å². The van der Waals surface area contributed by atoms with Gasteiger partial charge in [0.1, 0.15) is 0 Å². The average Bonchev–Trinajstić information content (AvgIpc) is 2.42. The molecular weight excluding hydrogens is 315 g/mol. The monoisotopic (exact) mass is 323 g/mol. The van der Waals surface area contributed by atoms with Crippen LogP contribution in [-0.2, 0) is 0 Å². The Kier molecular flexibility index (Phi) is 4.45. The summed E-state index contributed by atoms with van der Waals surface area (Å²) in [5.74, 6) is -0.672. The molecule has 0 aliphatic heterocycles. The van der Waals surface area contributed by atoms with Crippen LogP contribution in [0.25, 0.3) is 0 Å². The van der Waals surface area contributed by atoms with Gasteiger partial charge in [-0.2, -0.15) is 0 Å². The molecule has 0 N–H and O–H groups in total.